The van der Waals surface area contributed by atoms with Crippen molar-refractivity contribution in [2.75, 3.05) is 17.3 Å². The molecule has 0 spiro atoms. The average Bonchev–Trinajstić information content (AvgIpc) is 2.36. The van der Waals surface area contributed by atoms with Crippen LogP contribution in [0.25, 0.3) is 0 Å². The molecule has 9 heteroatoms. The van der Waals surface area contributed by atoms with E-state index in [0.717, 1.165) is 0 Å². The van der Waals surface area contributed by atoms with Gasteiger partial charge in [-0.25, -0.2) is 10.8 Å². The zero-order valence-corrected chi connectivity index (χ0v) is 10.9. The molecule has 0 aliphatic heterocycles. The number of hydrazine groups is 1. The summed E-state index contributed by atoms with van der Waals surface area (Å²) in [6, 6.07) is -0.108. The molecule has 1 aromatic rings. The summed E-state index contributed by atoms with van der Waals surface area (Å²) in [7, 11) is 0. The van der Waals surface area contributed by atoms with Gasteiger partial charge >= 0.3 is 5.69 Å². The number of aliphatic hydroxyl groups excluding tert-OH is 1. The number of nitrogen functional groups attached to an aromatic ring is 1. The van der Waals surface area contributed by atoms with E-state index in [4.69, 9.17) is 10.9 Å². The van der Waals surface area contributed by atoms with Gasteiger partial charge in [0.2, 0.25) is 11.8 Å². The molecule has 0 radical (unpaired) electrons. The lowest BCUT2D eigenvalue weighted by atomic mass is 10.1. The Morgan fingerprint density at radius 2 is 2.21 bits per heavy atom. The number of nitrogens with two attached hydrogens (primary N) is 1. The van der Waals surface area contributed by atoms with Gasteiger partial charge in [0.05, 0.1) is 4.92 Å². The molecule has 5 N–H and O–H groups in total. The molecule has 1 aromatic heterocycles. The van der Waals surface area contributed by atoms with Gasteiger partial charge in [-0.2, -0.15) is 4.98 Å². The highest BCUT2D eigenvalue weighted by atomic mass is 16.6. The fourth-order valence-corrected chi connectivity index (χ4v) is 1.68. The quantitative estimate of drug-likeness (QED) is 0.320. The van der Waals surface area contributed by atoms with Crippen molar-refractivity contribution in [2.24, 2.45) is 5.84 Å². The van der Waals surface area contributed by atoms with E-state index in [0.29, 0.717) is 12.8 Å². The third-order valence-electron chi connectivity index (χ3n) is 2.68. The molecule has 1 unspecified atom stereocenters. The van der Waals surface area contributed by atoms with Crippen LogP contribution in [0.4, 0.5) is 17.5 Å². The molecular weight excluding hydrogens is 252 g/mol. The molecule has 1 rings (SSSR count). The summed E-state index contributed by atoms with van der Waals surface area (Å²) >= 11 is 0. The number of nitrogens with zero attached hydrogens (tertiary/aromatic N) is 3. The summed E-state index contributed by atoms with van der Waals surface area (Å²) in [5.41, 5.74) is 2.30. The highest BCUT2D eigenvalue weighted by molar-refractivity contribution is 5.61. The molecule has 0 aromatic carbocycles. The maximum atomic E-state index is 11.1. The first-order valence-corrected chi connectivity index (χ1v) is 5.90. The molecule has 0 saturated carbocycles. The Morgan fingerprint density at radius 1 is 1.53 bits per heavy atom. The van der Waals surface area contributed by atoms with Crippen molar-refractivity contribution in [3.05, 3.63) is 15.8 Å². The SMILES string of the molecule is CCC(CCO)Nc1nc(NN)nc(C)c1[N+](=O)[O-]. The smallest absolute Gasteiger partial charge is 0.332 e. The number of hydrogen-bond donors (Lipinski definition) is 4. The Bertz CT molecular complexity index is 453. The van der Waals surface area contributed by atoms with E-state index in [1.807, 2.05) is 6.92 Å². The van der Waals surface area contributed by atoms with Crippen LogP contribution >= 0.6 is 0 Å². The first-order chi connectivity index (χ1) is 9.03. The Morgan fingerprint density at radius 3 is 2.68 bits per heavy atom. The molecule has 0 amide bonds. The topological polar surface area (TPSA) is 139 Å². The Kier molecular flexibility index (Phi) is 5.39. The number of aromatic nitrogens is 2. The van der Waals surface area contributed by atoms with E-state index in [-0.39, 0.29) is 35.8 Å². The second kappa shape index (κ2) is 6.81. The van der Waals surface area contributed by atoms with Crippen LogP contribution < -0.4 is 16.6 Å². The molecular formula is C10H18N6O3. The maximum absolute atomic E-state index is 11.1. The minimum Gasteiger partial charge on any atom is -0.396 e. The number of nitro groups is 1. The zero-order valence-electron chi connectivity index (χ0n) is 10.9. The lowest BCUT2D eigenvalue weighted by Crippen LogP contribution is -2.23. The standard InChI is InChI=1S/C10H18N6O3/c1-3-7(4-5-17)13-9-8(16(18)19)6(2)12-10(14-9)15-11/h7,17H,3-5,11H2,1-2H3,(H2,12,13,14,15). The number of rotatable bonds is 7. The Balaban J connectivity index is 3.15. The summed E-state index contributed by atoms with van der Waals surface area (Å²) in [6.45, 7) is 3.42. The number of hydrogen-bond acceptors (Lipinski definition) is 8. The van der Waals surface area contributed by atoms with Gasteiger partial charge in [-0.1, -0.05) is 6.92 Å². The average molecular weight is 270 g/mol. The third kappa shape index (κ3) is 3.73. The van der Waals surface area contributed by atoms with Crippen molar-refractivity contribution in [3.8, 4) is 0 Å². The lowest BCUT2D eigenvalue weighted by molar-refractivity contribution is -0.385. The summed E-state index contributed by atoms with van der Waals surface area (Å²) in [4.78, 5) is 18.4. The van der Waals surface area contributed by atoms with Crippen molar-refractivity contribution < 1.29 is 10.0 Å². The third-order valence-corrected chi connectivity index (χ3v) is 2.68. The van der Waals surface area contributed by atoms with Crippen LogP contribution in [0.2, 0.25) is 0 Å². The minimum absolute atomic E-state index is 0.00857. The van der Waals surface area contributed by atoms with Gasteiger partial charge in [-0.05, 0) is 19.8 Å². The fourth-order valence-electron chi connectivity index (χ4n) is 1.68. The van der Waals surface area contributed by atoms with Crippen LogP contribution in [0.5, 0.6) is 0 Å². The number of aryl methyl sites for hydroxylation is 1. The van der Waals surface area contributed by atoms with Gasteiger partial charge in [0.15, 0.2) is 0 Å². The molecule has 1 atom stereocenters. The van der Waals surface area contributed by atoms with Crippen molar-refractivity contribution in [3.63, 3.8) is 0 Å². The first-order valence-electron chi connectivity index (χ1n) is 5.90. The van der Waals surface area contributed by atoms with E-state index >= 15 is 0 Å². The summed E-state index contributed by atoms with van der Waals surface area (Å²) in [6.07, 6.45) is 1.17. The molecule has 0 saturated heterocycles. The monoisotopic (exact) mass is 270 g/mol. The van der Waals surface area contributed by atoms with Crippen LogP contribution in [0.15, 0.2) is 0 Å². The van der Waals surface area contributed by atoms with Crippen LogP contribution in [0.3, 0.4) is 0 Å². The van der Waals surface area contributed by atoms with Crippen molar-refractivity contribution in [1.82, 2.24) is 9.97 Å². The Labute approximate surface area is 110 Å². The molecule has 19 heavy (non-hydrogen) atoms. The highest BCUT2D eigenvalue weighted by Crippen LogP contribution is 2.27. The second-order valence-electron chi connectivity index (χ2n) is 3.99. The van der Waals surface area contributed by atoms with Crippen LogP contribution in [0, 0.1) is 17.0 Å². The van der Waals surface area contributed by atoms with Crippen molar-refractivity contribution >= 4 is 17.5 Å². The maximum Gasteiger partial charge on any atom is 0.332 e. The number of nitrogens with one attached hydrogen (secondary N) is 2. The molecule has 0 bridgehead atoms. The largest absolute Gasteiger partial charge is 0.396 e. The van der Waals surface area contributed by atoms with Crippen molar-refractivity contribution in [2.45, 2.75) is 32.7 Å². The number of anilines is 2. The highest BCUT2D eigenvalue weighted by Gasteiger charge is 2.23. The zero-order chi connectivity index (χ0) is 14.4. The number of aliphatic hydroxyl groups is 1. The Hall–Kier alpha value is -2.00. The molecule has 0 aliphatic rings. The summed E-state index contributed by atoms with van der Waals surface area (Å²) in [5.74, 6) is 5.43. The van der Waals surface area contributed by atoms with E-state index < -0.39 is 4.92 Å². The van der Waals surface area contributed by atoms with Gasteiger partial charge in [0.25, 0.3) is 0 Å². The van der Waals surface area contributed by atoms with E-state index in [2.05, 4.69) is 20.7 Å². The molecule has 0 fully saturated rings. The molecule has 9 nitrogen and oxygen atoms in total. The predicted octanol–water partition coefficient (Wildman–Crippen LogP) is 0.552. The second-order valence-corrected chi connectivity index (χ2v) is 3.99. The fraction of sp³-hybridized carbons (Fsp3) is 0.600. The van der Waals surface area contributed by atoms with Gasteiger partial charge < -0.3 is 10.4 Å². The molecule has 1 heterocycles. The van der Waals surface area contributed by atoms with Gasteiger partial charge in [0.1, 0.15) is 5.69 Å². The van der Waals surface area contributed by atoms with Crippen LogP contribution in [-0.4, -0.2) is 32.6 Å². The summed E-state index contributed by atoms with van der Waals surface area (Å²) < 4.78 is 0. The van der Waals surface area contributed by atoms with Gasteiger partial charge in [0, 0.05) is 12.6 Å². The van der Waals surface area contributed by atoms with Crippen LogP contribution in [0.1, 0.15) is 25.5 Å². The minimum atomic E-state index is -0.538. The normalized spacial score (nSPS) is 12.0. The van der Waals surface area contributed by atoms with Crippen molar-refractivity contribution in [1.29, 1.82) is 0 Å². The first kappa shape index (κ1) is 15.1. The molecule has 106 valence electrons. The van der Waals surface area contributed by atoms with E-state index in [9.17, 15) is 10.1 Å². The predicted molar refractivity (Wildman–Crippen MR) is 70.6 cm³/mol. The van der Waals surface area contributed by atoms with Crippen LogP contribution in [-0.2, 0) is 0 Å². The van der Waals surface area contributed by atoms with E-state index in [1.165, 1.54) is 6.92 Å². The summed E-state index contributed by atoms with van der Waals surface area (Å²) in [5, 5.41) is 22.9. The lowest BCUT2D eigenvalue weighted by Gasteiger charge is -2.17. The molecule has 0 aliphatic carbocycles. The van der Waals surface area contributed by atoms with Gasteiger partial charge in [-0.15, -0.1) is 0 Å². The van der Waals surface area contributed by atoms with E-state index in [1.54, 1.807) is 0 Å². The van der Waals surface area contributed by atoms with Gasteiger partial charge in [-0.3, -0.25) is 15.5 Å².